The molecule has 19 heavy (non-hydrogen) atoms. The molecule has 0 aromatic heterocycles. The second kappa shape index (κ2) is 5.96. The van der Waals surface area contributed by atoms with Gasteiger partial charge in [-0.15, -0.1) is 0 Å². The lowest BCUT2D eigenvalue weighted by Gasteiger charge is -2.26. The van der Waals surface area contributed by atoms with Crippen LogP contribution in [0.2, 0.25) is 5.02 Å². The van der Waals surface area contributed by atoms with Gasteiger partial charge in [-0.05, 0) is 48.7 Å². The zero-order valence-electron chi connectivity index (χ0n) is 10.5. The Morgan fingerprint density at radius 2 is 1.63 bits per heavy atom. The Morgan fingerprint density at radius 3 is 2.21 bits per heavy atom. The number of benzene rings is 2. The Balaban J connectivity index is 2.27. The molecule has 2 rings (SSSR count). The van der Waals surface area contributed by atoms with Crippen molar-refractivity contribution in [3.05, 3.63) is 67.6 Å². The number of rotatable bonds is 3. The fraction of sp³-hybridized carbons (Fsp3) is 0.200. The molecule has 0 fully saturated rings. The number of hydrogen-bond donors (Lipinski definition) is 1. The minimum atomic E-state index is -0.446. The third-order valence-electron chi connectivity index (χ3n) is 3.08. The fourth-order valence-corrected chi connectivity index (χ4v) is 3.00. The van der Waals surface area contributed by atoms with Crippen molar-refractivity contribution >= 4 is 43.5 Å². The highest BCUT2D eigenvalue weighted by atomic mass is 79.9. The van der Waals surface area contributed by atoms with Crippen molar-refractivity contribution in [3.63, 3.8) is 0 Å². The molecule has 0 amide bonds. The molecule has 2 N–H and O–H groups in total. The molecule has 2 aromatic carbocycles. The Bertz CT molecular complexity index is 579. The molecule has 0 bridgehead atoms. The van der Waals surface area contributed by atoms with E-state index in [4.69, 9.17) is 17.3 Å². The summed E-state index contributed by atoms with van der Waals surface area (Å²) in [5.41, 5.74) is 8.14. The van der Waals surface area contributed by atoms with Gasteiger partial charge in [0.15, 0.2) is 0 Å². The lowest BCUT2D eigenvalue weighted by Crippen LogP contribution is -2.35. The summed E-state index contributed by atoms with van der Waals surface area (Å²) in [6, 6.07) is 14.0. The van der Waals surface area contributed by atoms with Gasteiger partial charge in [0.1, 0.15) is 0 Å². The first-order valence-electron chi connectivity index (χ1n) is 5.87. The molecule has 1 atom stereocenters. The molecule has 4 heteroatoms. The van der Waals surface area contributed by atoms with Gasteiger partial charge in [-0.3, -0.25) is 0 Å². The van der Waals surface area contributed by atoms with Gasteiger partial charge in [0.25, 0.3) is 0 Å². The number of nitrogens with two attached hydrogens (primary N) is 1. The summed E-state index contributed by atoms with van der Waals surface area (Å²) in [5.74, 6) is 0. The van der Waals surface area contributed by atoms with Gasteiger partial charge in [-0.1, -0.05) is 61.7 Å². The molecular weight excluding hydrogens is 389 g/mol. The highest BCUT2D eigenvalue weighted by Crippen LogP contribution is 2.29. The van der Waals surface area contributed by atoms with Gasteiger partial charge in [0.05, 0.1) is 0 Å². The summed E-state index contributed by atoms with van der Waals surface area (Å²) >= 11 is 13.1. The predicted octanol–water partition coefficient (Wildman–Crippen LogP) is 5.28. The van der Waals surface area contributed by atoms with Crippen LogP contribution in [0.25, 0.3) is 0 Å². The first-order chi connectivity index (χ1) is 8.88. The molecular formula is C15H14Br2ClN. The van der Waals surface area contributed by atoms with Gasteiger partial charge in [-0.25, -0.2) is 0 Å². The monoisotopic (exact) mass is 401 g/mol. The van der Waals surface area contributed by atoms with Crippen molar-refractivity contribution in [1.82, 2.24) is 0 Å². The zero-order chi connectivity index (χ0) is 14.0. The van der Waals surface area contributed by atoms with E-state index in [-0.39, 0.29) is 0 Å². The second-order valence-corrected chi connectivity index (χ2v) is 7.08. The number of hydrogen-bond acceptors (Lipinski definition) is 1. The molecule has 0 heterocycles. The molecule has 0 aliphatic heterocycles. The summed E-state index contributed by atoms with van der Waals surface area (Å²) in [4.78, 5) is 0. The summed E-state index contributed by atoms with van der Waals surface area (Å²) in [6.45, 7) is 2.02. The smallest absolute Gasteiger partial charge is 0.0450 e. The molecule has 0 aliphatic carbocycles. The second-order valence-electron chi connectivity index (χ2n) is 4.84. The van der Waals surface area contributed by atoms with Crippen molar-refractivity contribution in [1.29, 1.82) is 0 Å². The molecule has 100 valence electrons. The quantitative estimate of drug-likeness (QED) is 0.741. The Kier molecular flexibility index (Phi) is 4.72. The van der Waals surface area contributed by atoms with E-state index >= 15 is 0 Å². The molecule has 0 saturated heterocycles. The third kappa shape index (κ3) is 3.82. The van der Waals surface area contributed by atoms with Crippen LogP contribution >= 0.6 is 43.5 Å². The third-order valence-corrected chi connectivity index (χ3v) is 4.45. The average Bonchev–Trinajstić information content (AvgIpc) is 2.33. The topological polar surface area (TPSA) is 26.0 Å². The van der Waals surface area contributed by atoms with Crippen LogP contribution in [0.5, 0.6) is 0 Å². The highest BCUT2D eigenvalue weighted by Gasteiger charge is 2.22. The van der Waals surface area contributed by atoms with Crippen LogP contribution < -0.4 is 5.73 Å². The first-order valence-corrected chi connectivity index (χ1v) is 7.84. The molecule has 1 nitrogen and oxygen atoms in total. The van der Waals surface area contributed by atoms with E-state index in [1.165, 1.54) is 0 Å². The van der Waals surface area contributed by atoms with E-state index in [0.717, 1.165) is 25.1 Å². The van der Waals surface area contributed by atoms with Gasteiger partial charge in [0.2, 0.25) is 0 Å². The van der Waals surface area contributed by atoms with Crippen molar-refractivity contribution in [3.8, 4) is 0 Å². The van der Waals surface area contributed by atoms with Crippen LogP contribution in [0.4, 0.5) is 0 Å². The maximum absolute atomic E-state index is 6.44. The van der Waals surface area contributed by atoms with Crippen LogP contribution in [-0.2, 0) is 12.0 Å². The summed E-state index contributed by atoms with van der Waals surface area (Å²) in [5, 5.41) is 0.739. The first kappa shape index (κ1) is 15.0. The van der Waals surface area contributed by atoms with Crippen molar-refractivity contribution < 1.29 is 0 Å². The normalized spacial score (nSPS) is 14.2. The lowest BCUT2D eigenvalue weighted by atomic mass is 9.87. The standard InChI is InChI=1S/C15H14Br2ClN/c1-15(19,11-3-6-12(16)7-4-11)9-10-2-5-13(17)8-14(10)18/h2-8H,9,19H2,1H3. The molecule has 0 radical (unpaired) electrons. The van der Waals surface area contributed by atoms with Gasteiger partial charge in [0, 0.05) is 19.5 Å². The van der Waals surface area contributed by atoms with Gasteiger partial charge in [-0.2, -0.15) is 0 Å². The SMILES string of the molecule is CC(N)(Cc1ccc(Br)cc1Cl)c1ccc(Br)cc1. The van der Waals surface area contributed by atoms with Crippen LogP contribution in [0.3, 0.4) is 0 Å². The molecule has 0 aliphatic rings. The average molecular weight is 404 g/mol. The Labute approximate surface area is 135 Å². The predicted molar refractivity (Wildman–Crippen MR) is 88.5 cm³/mol. The summed E-state index contributed by atoms with van der Waals surface area (Å²) < 4.78 is 2.03. The molecule has 2 aromatic rings. The van der Waals surface area contributed by atoms with E-state index in [9.17, 15) is 0 Å². The van der Waals surface area contributed by atoms with E-state index in [1.54, 1.807) is 0 Å². The van der Waals surface area contributed by atoms with Crippen LogP contribution in [0.15, 0.2) is 51.4 Å². The van der Waals surface area contributed by atoms with Crippen LogP contribution in [0, 0.1) is 0 Å². The van der Waals surface area contributed by atoms with E-state index in [1.807, 2.05) is 49.4 Å². The van der Waals surface area contributed by atoms with Crippen molar-refractivity contribution in [2.45, 2.75) is 18.9 Å². The highest BCUT2D eigenvalue weighted by molar-refractivity contribution is 9.10. The van der Waals surface area contributed by atoms with Crippen molar-refractivity contribution in [2.75, 3.05) is 0 Å². The Hall–Kier alpha value is -0.350. The minimum absolute atomic E-state index is 0.446. The molecule has 0 spiro atoms. The van der Waals surface area contributed by atoms with Crippen LogP contribution in [-0.4, -0.2) is 0 Å². The largest absolute Gasteiger partial charge is 0.321 e. The Morgan fingerprint density at radius 1 is 1.05 bits per heavy atom. The maximum Gasteiger partial charge on any atom is 0.0450 e. The van der Waals surface area contributed by atoms with E-state index < -0.39 is 5.54 Å². The maximum atomic E-state index is 6.44. The van der Waals surface area contributed by atoms with E-state index in [2.05, 4.69) is 31.9 Å². The lowest BCUT2D eigenvalue weighted by molar-refractivity contribution is 0.491. The van der Waals surface area contributed by atoms with E-state index in [0.29, 0.717) is 6.42 Å². The summed E-state index contributed by atoms with van der Waals surface area (Å²) in [7, 11) is 0. The molecule has 1 unspecified atom stereocenters. The van der Waals surface area contributed by atoms with Crippen LogP contribution in [0.1, 0.15) is 18.1 Å². The summed E-state index contributed by atoms with van der Waals surface area (Å²) in [6.07, 6.45) is 0.695. The van der Waals surface area contributed by atoms with Gasteiger partial charge >= 0.3 is 0 Å². The zero-order valence-corrected chi connectivity index (χ0v) is 14.4. The minimum Gasteiger partial charge on any atom is -0.321 e. The molecule has 0 saturated carbocycles. The number of halogens is 3. The fourth-order valence-electron chi connectivity index (χ4n) is 1.99. The van der Waals surface area contributed by atoms with Gasteiger partial charge < -0.3 is 5.73 Å². The van der Waals surface area contributed by atoms with Crippen molar-refractivity contribution in [2.24, 2.45) is 5.73 Å².